The molecule has 0 unspecified atom stereocenters. The number of aryl methyl sites for hydroxylation is 4. The third-order valence-corrected chi connectivity index (χ3v) is 3.74. The van der Waals surface area contributed by atoms with E-state index in [0.29, 0.717) is 18.3 Å². The van der Waals surface area contributed by atoms with E-state index in [1.54, 1.807) is 0 Å². The lowest BCUT2D eigenvalue weighted by Crippen LogP contribution is -2.20. The van der Waals surface area contributed by atoms with Crippen LogP contribution < -0.4 is 4.90 Å². The molecule has 3 heterocycles. The quantitative estimate of drug-likeness (QED) is 0.736. The molecule has 116 valence electrons. The van der Waals surface area contributed by atoms with Gasteiger partial charge in [-0.3, -0.25) is 0 Å². The van der Waals surface area contributed by atoms with Crippen LogP contribution in [-0.2, 0) is 13.0 Å². The van der Waals surface area contributed by atoms with Gasteiger partial charge in [0.1, 0.15) is 5.82 Å². The zero-order chi connectivity index (χ0) is 15.9. The summed E-state index contributed by atoms with van der Waals surface area (Å²) in [6.07, 6.45) is 0.743. The largest absolute Gasteiger partial charge is 0.423 e. The van der Waals surface area contributed by atoms with Gasteiger partial charge in [0.2, 0.25) is 11.8 Å². The Kier molecular flexibility index (Phi) is 3.56. The summed E-state index contributed by atoms with van der Waals surface area (Å²) in [6.45, 7) is 8.55. The molecule has 0 saturated carbocycles. The molecule has 0 aromatic carbocycles. The van der Waals surface area contributed by atoms with Crippen LogP contribution in [0.3, 0.4) is 0 Å². The summed E-state index contributed by atoms with van der Waals surface area (Å²) in [6, 6.07) is 2.01. The van der Waals surface area contributed by atoms with Crippen LogP contribution >= 0.6 is 0 Å². The van der Waals surface area contributed by atoms with Crippen molar-refractivity contribution in [2.24, 2.45) is 0 Å². The number of anilines is 1. The standard InChI is InChI=1S/C15H20N6O/c1-6-12-17-18-13(22-12)8-20(5)14-7-9(2)16-15-10(3)11(4)19-21(14)15/h7H,6,8H2,1-5H3. The molecule has 3 aromatic heterocycles. The van der Waals surface area contributed by atoms with Crippen molar-refractivity contribution in [1.82, 2.24) is 24.8 Å². The smallest absolute Gasteiger partial charge is 0.235 e. The summed E-state index contributed by atoms with van der Waals surface area (Å²) in [7, 11) is 1.98. The first-order valence-electron chi connectivity index (χ1n) is 7.35. The van der Waals surface area contributed by atoms with Crippen molar-refractivity contribution in [2.45, 2.75) is 40.7 Å². The molecule has 0 atom stereocenters. The summed E-state index contributed by atoms with van der Waals surface area (Å²) in [5.74, 6) is 2.21. The fourth-order valence-electron chi connectivity index (χ4n) is 2.38. The first-order chi connectivity index (χ1) is 10.5. The van der Waals surface area contributed by atoms with Gasteiger partial charge in [0, 0.05) is 30.8 Å². The lowest BCUT2D eigenvalue weighted by Gasteiger charge is -2.18. The fraction of sp³-hybridized carbons (Fsp3) is 0.467. The number of aromatic nitrogens is 5. The minimum absolute atomic E-state index is 0.531. The van der Waals surface area contributed by atoms with Crippen molar-refractivity contribution < 1.29 is 4.42 Å². The minimum atomic E-state index is 0.531. The summed E-state index contributed by atoms with van der Waals surface area (Å²) >= 11 is 0. The highest BCUT2D eigenvalue weighted by molar-refractivity contribution is 5.56. The number of nitrogens with zero attached hydrogens (tertiary/aromatic N) is 6. The normalized spacial score (nSPS) is 11.3. The molecule has 0 fully saturated rings. The Morgan fingerprint density at radius 1 is 1.18 bits per heavy atom. The average molecular weight is 300 g/mol. The second-order valence-corrected chi connectivity index (χ2v) is 5.50. The summed E-state index contributed by atoms with van der Waals surface area (Å²) in [5, 5.41) is 12.7. The van der Waals surface area contributed by atoms with Crippen LogP contribution in [0.15, 0.2) is 10.5 Å². The van der Waals surface area contributed by atoms with E-state index < -0.39 is 0 Å². The van der Waals surface area contributed by atoms with Crippen molar-refractivity contribution in [2.75, 3.05) is 11.9 Å². The van der Waals surface area contributed by atoms with Gasteiger partial charge in [0.15, 0.2) is 5.65 Å². The second-order valence-electron chi connectivity index (χ2n) is 5.50. The lowest BCUT2D eigenvalue weighted by molar-refractivity contribution is 0.452. The number of fused-ring (bicyclic) bond motifs is 1. The molecule has 0 N–H and O–H groups in total. The Balaban J connectivity index is 1.99. The predicted molar refractivity (Wildman–Crippen MR) is 83.0 cm³/mol. The molecule has 0 aliphatic heterocycles. The first kappa shape index (κ1) is 14.5. The van der Waals surface area contributed by atoms with Crippen LogP contribution in [0.4, 0.5) is 5.82 Å². The maximum Gasteiger partial charge on any atom is 0.235 e. The number of hydrogen-bond acceptors (Lipinski definition) is 6. The van der Waals surface area contributed by atoms with Gasteiger partial charge < -0.3 is 9.32 Å². The van der Waals surface area contributed by atoms with Crippen molar-refractivity contribution >= 4 is 11.5 Å². The zero-order valence-electron chi connectivity index (χ0n) is 13.6. The highest BCUT2D eigenvalue weighted by Gasteiger charge is 2.15. The molecule has 0 amide bonds. The van der Waals surface area contributed by atoms with Gasteiger partial charge in [-0.15, -0.1) is 10.2 Å². The molecule has 0 aliphatic rings. The Morgan fingerprint density at radius 3 is 2.59 bits per heavy atom. The molecule has 0 saturated heterocycles. The highest BCUT2D eigenvalue weighted by atomic mass is 16.4. The third kappa shape index (κ3) is 2.43. The Labute approximate surface area is 129 Å². The molecule has 22 heavy (non-hydrogen) atoms. The van der Waals surface area contributed by atoms with Crippen LogP contribution in [0.1, 0.15) is 35.7 Å². The van der Waals surface area contributed by atoms with E-state index in [-0.39, 0.29) is 0 Å². The van der Waals surface area contributed by atoms with Gasteiger partial charge in [-0.25, -0.2) is 4.98 Å². The lowest BCUT2D eigenvalue weighted by atomic mass is 10.3. The summed E-state index contributed by atoms with van der Waals surface area (Å²) in [4.78, 5) is 6.63. The number of hydrogen-bond donors (Lipinski definition) is 0. The second kappa shape index (κ2) is 5.40. The molecule has 3 aromatic rings. The van der Waals surface area contributed by atoms with Gasteiger partial charge in [0.25, 0.3) is 0 Å². The van der Waals surface area contributed by atoms with Crippen LogP contribution in [0, 0.1) is 20.8 Å². The van der Waals surface area contributed by atoms with Crippen LogP contribution in [0.5, 0.6) is 0 Å². The molecule has 7 nitrogen and oxygen atoms in total. The van der Waals surface area contributed by atoms with Crippen LogP contribution in [0.25, 0.3) is 5.65 Å². The van der Waals surface area contributed by atoms with Gasteiger partial charge in [-0.1, -0.05) is 6.92 Å². The fourth-order valence-corrected chi connectivity index (χ4v) is 2.38. The van der Waals surface area contributed by atoms with Gasteiger partial charge in [-0.05, 0) is 20.8 Å². The van der Waals surface area contributed by atoms with Crippen molar-refractivity contribution in [3.63, 3.8) is 0 Å². The Hall–Kier alpha value is -2.44. The maximum absolute atomic E-state index is 5.59. The maximum atomic E-state index is 5.59. The Bertz CT molecular complexity index is 819. The molecular formula is C15H20N6O. The van der Waals surface area contributed by atoms with Gasteiger partial charge >= 0.3 is 0 Å². The average Bonchev–Trinajstić information content (AvgIpc) is 3.05. The molecule has 0 spiro atoms. The zero-order valence-corrected chi connectivity index (χ0v) is 13.6. The van der Waals surface area contributed by atoms with Crippen LogP contribution in [0.2, 0.25) is 0 Å². The van der Waals surface area contributed by atoms with Crippen molar-refractivity contribution in [3.05, 3.63) is 34.8 Å². The molecule has 3 rings (SSSR count). The first-order valence-corrected chi connectivity index (χ1v) is 7.35. The molecular weight excluding hydrogens is 280 g/mol. The van der Waals surface area contributed by atoms with Gasteiger partial charge in [0.05, 0.1) is 12.2 Å². The van der Waals surface area contributed by atoms with E-state index >= 15 is 0 Å². The SMILES string of the molecule is CCc1nnc(CN(C)c2cc(C)nc3c(C)c(C)nn23)o1. The Morgan fingerprint density at radius 2 is 1.91 bits per heavy atom. The van der Waals surface area contributed by atoms with Crippen molar-refractivity contribution in [1.29, 1.82) is 0 Å². The van der Waals surface area contributed by atoms with Gasteiger partial charge in [-0.2, -0.15) is 9.61 Å². The summed E-state index contributed by atoms with van der Waals surface area (Å²) < 4.78 is 7.46. The van der Waals surface area contributed by atoms with E-state index in [4.69, 9.17) is 4.42 Å². The monoisotopic (exact) mass is 300 g/mol. The predicted octanol–water partition coefficient (Wildman–Crippen LogP) is 2.24. The third-order valence-electron chi connectivity index (χ3n) is 3.74. The van der Waals surface area contributed by atoms with Crippen LogP contribution in [-0.4, -0.2) is 31.8 Å². The van der Waals surface area contributed by atoms with E-state index in [1.807, 2.05) is 50.2 Å². The van der Waals surface area contributed by atoms with Crippen molar-refractivity contribution in [3.8, 4) is 0 Å². The van der Waals surface area contributed by atoms with E-state index in [2.05, 4.69) is 20.3 Å². The highest BCUT2D eigenvalue weighted by Crippen LogP contribution is 2.21. The molecule has 0 bridgehead atoms. The molecule has 0 aliphatic carbocycles. The van der Waals surface area contributed by atoms with E-state index in [1.165, 1.54) is 0 Å². The molecule has 7 heteroatoms. The topological polar surface area (TPSA) is 72.4 Å². The van der Waals surface area contributed by atoms with E-state index in [0.717, 1.165) is 34.8 Å². The summed E-state index contributed by atoms with van der Waals surface area (Å²) in [5.41, 5.74) is 3.93. The van der Waals surface area contributed by atoms with E-state index in [9.17, 15) is 0 Å². The number of rotatable bonds is 4. The minimum Gasteiger partial charge on any atom is -0.423 e. The molecule has 0 radical (unpaired) electrons.